The number of amides is 1. The van der Waals surface area contributed by atoms with Crippen LogP contribution in [0.25, 0.3) is 0 Å². The minimum absolute atomic E-state index is 0.203. The van der Waals surface area contributed by atoms with Crippen LogP contribution in [0.3, 0.4) is 0 Å². The zero-order chi connectivity index (χ0) is 15.4. The quantitative estimate of drug-likeness (QED) is 0.854. The van der Waals surface area contributed by atoms with Crippen molar-refractivity contribution in [3.05, 3.63) is 58.9 Å². The van der Waals surface area contributed by atoms with Gasteiger partial charge >= 0.3 is 0 Å². The molecule has 0 unspecified atom stereocenters. The number of nitrogens with one attached hydrogen (secondary N) is 1. The molecule has 2 rings (SSSR count). The van der Waals surface area contributed by atoms with E-state index in [2.05, 4.69) is 23.9 Å². The molecule has 0 bridgehead atoms. The highest BCUT2D eigenvalue weighted by Gasteiger charge is 2.17. The van der Waals surface area contributed by atoms with Gasteiger partial charge in [0.1, 0.15) is 0 Å². The standard InChI is InChI=1S/C17H22N2O2/c1-12(2)19-13(3)10-16(14(19)4)17(20)18-21-11-15-8-6-5-7-9-15/h5-10,12H,11H2,1-4H3,(H,18,20). The van der Waals surface area contributed by atoms with Gasteiger partial charge in [-0.25, -0.2) is 5.48 Å². The van der Waals surface area contributed by atoms with Gasteiger partial charge < -0.3 is 4.57 Å². The number of hydrogen-bond donors (Lipinski definition) is 1. The Balaban J connectivity index is 1.99. The van der Waals surface area contributed by atoms with E-state index in [0.29, 0.717) is 18.2 Å². The smallest absolute Gasteiger partial charge is 0.276 e. The number of nitrogens with zero attached hydrogens (tertiary/aromatic N) is 1. The number of rotatable bonds is 5. The zero-order valence-corrected chi connectivity index (χ0v) is 13.0. The Labute approximate surface area is 125 Å². The van der Waals surface area contributed by atoms with Gasteiger partial charge in [0.05, 0.1) is 12.2 Å². The lowest BCUT2D eigenvalue weighted by atomic mass is 10.2. The molecule has 0 spiro atoms. The van der Waals surface area contributed by atoms with E-state index in [-0.39, 0.29) is 5.91 Å². The lowest BCUT2D eigenvalue weighted by molar-refractivity contribution is 0.0233. The lowest BCUT2D eigenvalue weighted by Gasteiger charge is -2.13. The Morgan fingerprint density at radius 2 is 1.90 bits per heavy atom. The van der Waals surface area contributed by atoms with Crippen molar-refractivity contribution >= 4 is 5.91 Å². The average Bonchev–Trinajstić information content (AvgIpc) is 2.75. The van der Waals surface area contributed by atoms with E-state index in [0.717, 1.165) is 17.0 Å². The highest BCUT2D eigenvalue weighted by molar-refractivity contribution is 5.95. The zero-order valence-electron chi connectivity index (χ0n) is 13.0. The van der Waals surface area contributed by atoms with E-state index in [1.807, 2.05) is 50.2 Å². The van der Waals surface area contributed by atoms with Gasteiger partial charge in [-0.2, -0.15) is 0 Å². The number of hydroxylamine groups is 1. The molecule has 0 aliphatic heterocycles. The summed E-state index contributed by atoms with van der Waals surface area (Å²) in [6.45, 7) is 8.53. The van der Waals surface area contributed by atoms with E-state index in [1.165, 1.54) is 0 Å². The number of carbonyl (C=O) groups excluding carboxylic acids is 1. The first-order valence-corrected chi connectivity index (χ1v) is 7.15. The summed E-state index contributed by atoms with van der Waals surface area (Å²) in [5, 5.41) is 0. The van der Waals surface area contributed by atoms with Crippen molar-refractivity contribution in [1.29, 1.82) is 0 Å². The summed E-state index contributed by atoms with van der Waals surface area (Å²) in [5.41, 5.74) is 6.24. The summed E-state index contributed by atoms with van der Waals surface area (Å²) in [5.74, 6) is -0.203. The van der Waals surface area contributed by atoms with Crippen molar-refractivity contribution in [2.75, 3.05) is 0 Å². The molecule has 4 nitrogen and oxygen atoms in total. The van der Waals surface area contributed by atoms with E-state index in [1.54, 1.807) is 0 Å². The van der Waals surface area contributed by atoms with Gasteiger partial charge in [-0.1, -0.05) is 30.3 Å². The lowest BCUT2D eigenvalue weighted by Crippen LogP contribution is -2.24. The van der Waals surface area contributed by atoms with Gasteiger partial charge in [0.2, 0.25) is 0 Å². The van der Waals surface area contributed by atoms with Crippen LogP contribution < -0.4 is 5.48 Å². The molecule has 21 heavy (non-hydrogen) atoms. The summed E-state index contributed by atoms with van der Waals surface area (Å²) in [6, 6.07) is 12.0. The largest absolute Gasteiger partial charge is 0.346 e. The average molecular weight is 286 g/mol. The van der Waals surface area contributed by atoms with Crippen LogP contribution in [0.4, 0.5) is 0 Å². The van der Waals surface area contributed by atoms with Crippen molar-refractivity contribution in [2.24, 2.45) is 0 Å². The maximum Gasteiger partial charge on any atom is 0.276 e. The fourth-order valence-electron chi connectivity index (χ4n) is 2.62. The van der Waals surface area contributed by atoms with E-state index >= 15 is 0 Å². The molecule has 1 heterocycles. The molecular formula is C17H22N2O2. The third-order valence-corrected chi connectivity index (χ3v) is 3.49. The summed E-state index contributed by atoms with van der Waals surface area (Å²) < 4.78 is 2.14. The van der Waals surface area contributed by atoms with Crippen molar-refractivity contribution in [1.82, 2.24) is 10.0 Å². The van der Waals surface area contributed by atoms with Crippen LogP contribution in [0.5, 0.6) is 0 Å². The highest BCUT2D eigenvalue weighted by Crippen LogP contribution is 2.20. The third-order valence-electron chi connectivity index (χ3n) is 3.49. The molecule has 1 N–H and O–H groups in total. The maximum atomic E-state index is 12.2. The molecule has 1 aromatic heterocycles. The van der Waals surface area contributed by atoms with Gasteiger partial charge in [0.15, 0.2) is 0 Å². The molecule has 0 saturated carbocycles. The topological polar surface area (TPSA) is 43.3 Å². The van der Waals surface area contributed by atoms with Gasteiger partial charge in [-0.05, 0) is 39.3 Å². The first-order chi connectivity index (χ1) is 10.0. The fourth-order valence-corrected chi connectivity index (χ4v) is 2.62. The molecule has 2 aromatic rings. The fraction of sp³-hybridized carbons (Fsp3) is 0.353. The van der Waals surface area contributed by atoms with Crippen LogP contribution in [0.15, 0.2) is 36.4 Å². The Morgan fingerprint density at radius 1 is 1.24 bits per heavy atom. The summed E-state index contributed by atoms with van der Waals surface area (Å²) in [4.78, 5) is 17.5. The molecule has 0 radical (unpaired) electrons. The van der Waals surface area contributed by atoms with Crippen molar-refractivity contribution in [2.45, 2.75) is 40.3 Å². The summed E-state index contributed by atoms with van der Waals surface area (Å²) >= 11 is 0. The summed E-state index contributed by atoms with van der Waals surface area (Å²) in [6.07, 6.45) is 0. The second-order valence-electron chi connectivity index (χ2n) is 5.45. The molecule has 0 atom stereocenters. The molecule has 112 valence electrons. The number of aryl methyl sites for hydroxylation is 1. The highest BCUT2D eigenvalue weighted by atomic mass is 16.6. The molecule has 1 amide bonds. The minimum atomic E-state index is -0.203. The molecule has 4 heteroatoms. The minimum Gasteiger partial charge on any atom is -0.346 e. The molecule has 0 fully saturated rings. The predicted molar refractivity (Wildman–Crippen MR) is 83.0 cm³/mol. The SMILES string of the molecule is Cc1cc(C(=O)NOCc2ccccc2)c(C)n1C(C)C. The Kier molecular flexibility index (Phi) is 4.81. The van der Waals surface area contributed by atoms with Crippen LogP contribution in [-0.2, 0) is 11.4 Å². The van der Waals surface area contributed by atoms with Gasteiger partial charge in [0, 0.05) is 17.4 Å². The monoisotopic (exact) mass is 286 g/mol. The van der Waals surface area contributed by atoms with Crippen LogP contribution in [0.1, 0.15) is 47.2 Å². The van der Waals surface area contributed by atoms with Crippen LogP contribution in [-0.4, -0.2) is 10.5 Å². The predicted octanol–water partition coefficient (Wildman–Crippen LogP) is 3.55. The first-order valence-electron chi connectivity index (χ1n) is 7.15. The van der Waals surface area contributed by atoms with Crippen LogP contribution >= 0.6 is 0 Å². The van der Waals surface area contributed by atoms with E-state index in [4.69, 9.17) is 4.84 Å². The molecular weight excluding hydrogens is 264 g/mol. The number of hydrogen-bond acceptors (Lipinski definition) is 2. The van der Waals surface area contributed by atoms with E-state index in [9.17, 15) is 4.79 Å². The molecule has 0 aliphatic carbocycles. The Hall–Kier alpha value is -2.07. The molecule has 1 aromatic carbocycles. The van der Waals surface area contributed by atoms with Crippen molar-refractivity contribution in [3.8, 4) is 0 Å². The van der Waals surface area contributed by atoms with Gasteiger partial charge in [-0.15, -0.1) is 0 Å². The van der Waals surface area contributed by atoms with Crippen molar-refractivity contribution in [3.63, 3.8) is 0 Å². The second kappa shape index (κ2) is 6.59. The molecule has 0 saturated heterocycles. The summed E-state index contributed by atoms with van der Waals surface area (Å²) in [7, 11) is 0. The normalized spacial score (nSPS) is 10.9. The number of aromatic nitrogens is 1. The first kappa shape index (κ1) is 15.3. The maximum absolute atomic E-state index is 12.2. The van der Waals surface area contributed by atoms with E-state index < -0.39 is 0 Å². The molecule has 0 aliphatic rings. The van der Waals surface area contributed by atoms with Gasteiger partial charge in [-0.3, -0.25) is 9.63 Å². The Morgan fingerprint density at radius 3 is 2.48 bits per heavy atom. The van der Waals surface area contributed by atoms with Gasteiger partial charge in [0.25, 0.3) is 5.91 Å². The third kappa shape index (κ3) is 3.52. The number of benzene rings is 1. The van der Waals surface area contributed by atoms with Crippen molar-refractivity contribution < 1.29 is 9.63 Å². The van der Waals surface area contributed by atoms with Crippen LogP contribution in [0, 0.1) is 13.8 Å². The number of carbonyl (C=O) groups is 1. The Bertz CT molecular complexity index is 615. The second-order valence-corrected chi connectivity index (χ2v) is 5.45. The van der Waals surface area contributed by atoms with Crippen LogP contribution in [0.2, 0.25) is 0 Å².